The number of carbonyl (C=O) groups excluding carboxylic acids is 1. The number of ether oxygens (including phenoxy) is 2. The van der Waals surface area contributed by atoms with E-state index in [9.17, 15) is 4.79 Å². The van der Waals surface area contributed by atoms with E-state index in [1.165, 1.54) is 18.4 Å². The molecule has 4 rings (SSSR count). The number of benzene rings is 1. The van der Waals surface area contributed by atoms with Crippen LogP contribution in [0.5, 0.6) is 5.75 Å². The molecular weight excluding hydrogens is 292 g/mol. The second kappa shape index (κ2) is 6.04. The minimum Gasteiger partial charge on any atom is -0.493 e. The van der Waals surface area contributed by atoms with Crippen LogP contribution in [0.4, 0.5) is 4.79 Å². The number of hydrogen-bond acceptors (Lipinski definition) is 3. The van der Waals surface area contributed by atoms with Crippen molar-refractivity contribution in [3.8, 4) is 5.75 Å². The van der Waals surface area contributed by atoms with Crippen molar-refractivity contribution in [2.24, 2.45) is 0 Å². The highest BCUT2D eigenvalue weighted by molar-refractivity contribution is 5.74. The van der Waals surface area contributed by atoms with E-state index >= 15 is 0 Å². The molecule has 1 spiro atoms. The van der Waals surface area contributed by atoms with Crippen LogP contribution in [0.2, 0.25) is 0 Å². The lowest BCUT2D eigenvalue weighted by atomic mass is 10.00. The van der Waals surface area contributed by atoms with Gasteiger partial charge in [0.15, 0.2) is 0 Å². The van der Waals surface area contributed by atoms with Crippen LogP contribution in [-0.2, 0) is 4.74 Å². The first kappa shape index (κ1) is 14.8. The first-order valence-electron chi connectivity index (χ1n) is 8.64. The maximum atomic E-state index is 12.5. The maximum absolute atomic E-state index is 12.5. The number of amides is 2. The predicted molar refractivity (Wildman–Crippen MR) is 86.8 cm³/mol. The highest BCUT2D eigenvalue weighted by atomic mass is 16.5. The van der Waals surface area contributed by atoms with Gasteiger partial charge in [-0.05, 0) is 18.9 Å². The number of carbonyl (C=O) groups is 1. The molecule has 1 aromatic carbocycles. The SMILES string of the molecule is O=C(NCC1COc2ccccc21)N1CCOC2(CCCC2)C1. The third-order valence-corrected chi connectivity index (χ3v) is 5.35. The zero-order chi connectivity index (χ0) is 15.7. The molecule has 1 saturated heterocycles. The van der Waals surface area contributed by atoms with Crippen LogP contribution in [0.25, 0.3) is 0 Å². The average Bonchev–Trinajstić information content (AvgIpc) is 3.20. The molecule has 124 valence electrons. The third-order valence-electron chi connectivity index (χ3n) is 5.35. The van der Waals surface area contributed by atoms with Gasteiger partial charge in [-0.3, -0.25) is 0 Å². The topological polar surface area (TPSA) is 50.8 Å². The van der Waals surface area contributed by atoms with Crippen molar-refractivity contribution in [2.45, 2.75) is 37.2 Å². The molecule has 23 heavy (non-hydrogen) atoms. The summed E-state index contributed by atoms with van der Waals surface area (Å²) in [4.78, 5) is 14.5. The first-order chi connectivity index (χ1) is 11.3. The lowest BCUT2D eigenvalue weighted by molar-refractivity contribution is -0.0925. The highest BCUT2D eigenvalue weighted by Crippen LogP contribution is 2.36. The molecule has 2 amide bonds. The Bertz CT molecular complexity index is 583. The fraction of sp³-hybridized carbons (Fsp3) is 0.611. The summed E-state index contributed by atoms with van der Waals surface area (Å²) >= 11 is 0. The van der Waals surface area contributed by atoms with Crippen molar-refractivity contribution < 1.29 is 14.3 Å². The second-order valence-electron chi connectivity index (χ2n) is 6.89. The van der Waals surface area contributed by atoms with Gasteiger partial charge in [-0.2, -0.15) is 0 Å². The van der Waals surface area contributed by atoms with Crippen LogP contribution in [0.15, 0.2) is 24.3 Å². The monoisotopic (exact) mass is 316 g/mol. The summed E-state index contributed by atoms with van der Waals surface area (Å²) < 4.78 is 11.7. The van der Waals surface area contributed by atoms with Gasteiger partial charge in [-0.1, -0.05) is 31.0 Å². The van der Waals surface area contributed by atoms with Crippen LogP contribution in [-0.4, -0.2) is 49.4 Å². The van der Waals surface area contributed by atoms with Crippen LogP contribution in [0, 0.1) is 0 Å². The van der Waals surface area contributed by atoms with E-state index < -0.39 is 0 Å². The predicted octanol–water partition coefficient (Wildman–Crippen LogP) is 2.52. The minimum atomic E-state index is -0.0708. The van der Waals surface area contributed by atoms with Crippen LogP contribution in [0.3, 0.4) is 0 Å². The third kappa shape index (κ3) is 2.90. The molecule has 5 heteroatoms. The number of para-hydroxylation sites is 1. The Morgan fingerprint density at radius 2 is 2.13 bits per heavy atom. The van der Waals surface area contributed by atoms with E-state index in [2.05, 4.69) is 11.4 Å². The van der Waals surface area contributed by atoms with Crippen LogP contribution in [0.1, 0.15) is 37.2 Å². The average molecular weight is 316 g/mol. The van der Waals surface area contributed by atoms with Crippen molar-refractivity contribution >= 4 is 6.03 Å². The Morgan fingerprint density at radius 3 is 3.00 bits per heavy atom. The van der Waals surface area contributed by atoms with Crippen LogP contribution >= 0.6 is 0 Å². The van der Waals surface area contributed by atoms with E-state index in [1.807, 2.05) is 23.1 Å². The van der Waals surface area contributed by atoms with Gasteiger partial charge in [0.2, 0.25) is 0 Å². The van der Waals surface area contributed by atoms with Gasteiger partial charge in [0, 0.05) is 24.6 Å². The number of urea groups is 1. The quantitative estimate of drug-likeness (QED) is 0.912. The zero-order valence-electron chi connectivity index (χ0n) is 13.4. The maximum Gasteiger partial charge on any atom is 0.317 e. The number of hydrogen-bond donors (Lipinski definition) is 1. The number of fused-ring (bicyclic) bond motifs is 1. The van der Waals surface area contributed by atoms with Crippen molar-refractivity contribution in [1.82, 2.24) is 10.2 Å². The molecular formula is C18H24N2O3. The van der Waals surface area contributed by atoms with Gasteiger partial charge in [-0.15, -0.1) is 0 Å². The molecule has 3 aliphatic rings. The molecule has 1 saturated carbocycles. The summed E-state index contributed by atoms with van der Waals surface area (Å²) in [6, 6.07) is 8.11. The Morgan fingerprint density at radius 1 is 1.30 bits per heavy atom. The Labute approximate surface area is 136 Å². The fourth-order valence-electron chi connectivity index (χ4n) is 4.06. The van der Waals surface area contributed by atoms with E-state index in [1.54, 1.807) is 0 Å². The molecule has 2 heterocycles. The van der Waals surface area contributed by atoms with Gasteiger partial charge in [0.25, 0.3) is 0 Å². The number of nitrogens with zero attached hydrogens (tertiary/aromatic N) is 1. The molecule has 1 unspecified atom stereocenters. The van der Waals surface area contributed by atoms with Crippen molar-refractivity contribution in [3.05, 3.63) is 29.8 Å². The molecule has 0 bridgehead atoms. The van der Waals surface area contributed by atoms with Crippen molar-refractivity contribution in [2.75, 3.05) is 32.8 Å². The van der Waals surface area contributed by atoms with Gasteiger partial charge in [0.1, 0.15) is 5.75 Å². The molecule has 1 N–H and O–H groups in total. The largest absolute Gasteiger partial charge is 0.493 e. The first-order valence-corrected chi connectivity index (χ1v) is 8.64. The Balaban J connectivity index is 1.34. The molecule has 5 nitrogen and oxygen atoms in total. The molecule has 2 aliphatic heterocycles. The second-order valence-corrected chi connectivity index (χ2v) is 6.89. The van der Waals surface area contributed by atoms with E-state index in [0.29, 0.717) is 26.3 Å². The lowest BCUT2D eigenvalue weighted by Gasteiger charge is -2.40. The van der Waals surface area contributed by atoms with Crippen molar-refractivity contribution in [1.29, 1.82) is 0 Å². The van der Waals surface area contributed by atoms with Crippen LogP contribution < -0.4 is 10.1 Å². The molecule has 1 aromatic rings. The Kier molecular flexibility index (Phi) is 3.89. The summed E-state index contributed by atoms with van der Waals surface area (Å²) in [5.74, 6) is 1.19. The normalized spacial score (nSPS) is 25.2. The Hall–Kier alpha value is -1.75. The standard InChI is InChI=1S/C18H24N2O3/c21-17(20-9-10-23-18(13-20)7-3-4-8-18)19-11-14-12-22-16-6-2-1-5-15(14)16/h1-2,5-6,14H,3-4,7-13H2,(H,19,21). The number of nitrogens with one attached hydrogen (secondary N) is 1. The number of rotatable bonds is 2. The molecule has 0 radical (unpaired) electrons. The van der Waals surface area contributed by atoms with Gasteiger partial charge >= 0.3 is 6.03 Å². The summed E-state index contributed by atoms with van der Waals surface area (Å²) in [5.41, 5.74) is 1.13. The van der Waals surface area contributed by atoms with E-state index in [4.69, 9.17) is 9.47 Å². The van der Waals surface area contributed by atoms with E-state index in [-0.39, 0.29) is 17.6 Å². The minimum absolute atomic E-state index is 0.0314. The summed E-state index contributed by atoms with van der Waals surface area (Å²) in [6.07, 6.45) is 4.60. The molecule has 2 fully saturated rings. The van der Waals surface area contributed by atoms with Gasteiger partial charge in [0.05, 0.1) is 25.4 Å². The highest BCUT2D eigenvalue weighted by Gasteiger charge is 2.40. The number of morpholine rings is 1. The molecule has 1 aliphatic carbocycles. The smallest absolute Gasteiger partial charge is 0.317 e. The lowest BCUT2D eigenvalue weighted by Crippen LogP contribution is -2.55. The summed E-state index contributed by atoms with van der Waals surface area (Å²) in [5, 5.41) is 3.09. The zero-order valence-corrected chi connectivity index (χ0v) is 13.4. The summed E-state index contributed by atoms with van der Waals surface area (Å²) in [7, 11) is 0. The molecule has 0 aromatic heterocycles. The van der Waals surface area contributed by atoms with E-state index in [0.717, 1.165) is 25.1 Å². The van der Waals surface area contributed by atoms with Gasteiger partial charge < -0.3 is 19.7 Å². The van der Waals surface area contributed by atoms with Crippen molar-refractivity contribution in [3.63, 3.8) is 0 Å². The summed E-state index contributed by atoms with van der Waals surface area (Å²) in [6.45, 7) is 3.34. The molecule has 1 atom stereocenters. The van der Waals surface area contributed by atoms with Gasteiger partial charge in [-0.25, -0.2) is 4.79 Å². The fourth-order valence-corrected chi connectivity index (χ4v) is 4.06.